The van der Waals surface area contributed by atoms with Crippen LogP contribution in [-0.2, 0) is 0 Å². The van der Waals surface area contributed by atoms with E-state index in [2.05, 4.69) is 0 Å². The van der Waals surface area contributed by atoms with Gasteiger partial charge in [0, 0.05) is 12.6 Å². The molecule has 17 heavy (non-hydrogen) atoms. The molecule has 3 nitrogen and oxygen atoms in total. The van der Waals surface area contributed by atoms with Gasteiger partial charge in [0.15, 0.2) is 0 Å². The zero-order chi connectivity index (χ0) is 12.5. The molecular formula is C11H17F3N2O. The lowest BCUT2D eigenvalue weighted by Crippen LogP contribution is -2.61. The summed E-state index contributed by atoms with van der Waals surface area (Å²) in [5.41, 5.74) is 0. The van der Waals surface area contributed by atoms with Crippen molar-refractivity contribution in [2.45, 2.75) is 44.3 Å². The van der Waals surface area contributed by atoms with E-state index in [9.17, 15) is 18.0 Å². The lowest BCUT2D eigenvalue weighted by molar-refractivity contribution is -0.123. The third kappa shape index (κ3) is 3.04. The summed E-state index contributed by atoms with van der Waals surface area (Å²) in [4.78, 5) is 13.1. The molecule has 0 aromatic carbocycles. The van der Waals surface area contributed by atoms with Crippen molar-refractivity contribution in [1.82, 2.24) is 10.2 Å². The molecule has 0 aromatic heterocycles. The number of nitrogens with zero attached hydrogens (tertiary/aromatic N) is 1. The Labute approximate surface area is 98.3 Å². The minimum Gasteiger partial charge on any atom is -0.329 e. The van der Waals surface area contributed by atoms with Crippen LogP contribution >= 0.6 is 0 Å². The number of urea groups is 1. The number of carbonyl (C=O) groups is 1. The van der Waals surface area contributed by atoms with Crippen LogP contribution < -0.4 is 5.32 Å². The molecule has 1 aliphatic carbocycles. The van der Waals surface area contributed by atoms with Gasteiger partial charge in [0.25, 0.3) is 0 Å². The van der Waals surface area contributed by atoms with E-state index in [0.29, 0.717) is 12.5 Å². The van der Waals surface area contributed by atoms with Gasteiger partial charge in [-0.25, -0.2) is 4.79 Å². The highest BCUT2D eigenvalue weighted by molar-refractivity contribution is 5.75. The zero-order valence-corrected chi connectivity index (χ0v) is 9.59. The van der Waals surface area contributed by atoms with Crippen LogP contribution in [0.1, 0.15) is 32.1 Å². The molecule has 0 spiro atoms. The molecule has 2 atom stereocenters. The van der Waals surface area contributed by atoms with Gasteiger partial charge < -0.3 is 10.2 Å². The third-order valence-electron chi connectivity index (χ3n) is 3.65. The highest BCUT2D eigenvalue weighted by Crippen LogP contribution is 2.35. The number of fused-ring (bicyclic) bond motifs is 1. The Morgan fingerprint density at radius 2 is 1.94 bits per heavy atom. The normalized spacial score (nSPS) is 29.0. The molecule has 2 unspecified atom stereocenters. The van der Waals surface area contributed by atoms with Gasteiger partial charge in [-0.1, -0.05) is 19.3 Å². The summed E-state index contributed by atoms with van der Waals surface area (Å²) in [5, 5.41) is 1.94. The highest BCUT2D eigenvalue weighted by Gasteiger charge is 2.42. The smallest absolute Gasteiger partial charge is 0.329 e. The second-order valence-electron chi connectivity index (χ2n) is 4.89. The predicted molar refractivity (Wildman–Crippen MR) is 56.5 cm³/mol. The molecule has 2 rings (SSSR count). The molecule has 0 radical (unpaired) electrons. The third-order valence-corrected chi connectivity index (χ3v) is 3.65. The van der Waals surface area contributed by atoms with E-state index in [1.807, 2.05) is 5.32 Å². The van der Waals surface area contributed by atoms with Crippen molar-refractivity contribution in [1.29, 1.82) is 0 Å². The minimum absolute atomic E-state index is 0.172. The maximum Gasteiger partial charge on any atom is 0.405 e. The van der Waals surface area contributed by atoms with Crippen LogP contribution in [0.25, 0.3) is 0 Å². The number of rotatable bonds is 1. The second-order valence-corrected chi connectivity index (χ2v) is 4.89. The fourth-order valence-corrected chi connectivity index (χ4v) is 2.75. The van der Waals surface area contributed by atoms with E-state index in [1.54, 1.807) is 4.90 Å². The summed E-state index contributed by atoms with van der Waals surface area (Å²) in [7, 11) is 0. The molecule has 1 N–H and O–H groups in total. The topological polar surface area (TPSA) is 32.3 Å². The predicted octanol–water partition coefficient (Wildman–Crippen LogP) is 2.52. The summed E-state index contributed by atoms with van der Waals surface area (Å²) in [6, 6.07) is -0.392. The summed E-state index contributed by atoms with van der Waals surface area (Å²) in [6.07, 6.45) is 1.13. The van der Waals surface area contributed by atoms with Crippen LogP contribution in [0.3, 0.4) is 0 Å². The van der Waals surface area contributed by atoms with Gasteiger partial charge in [0.2, 0.25) is 0 Å². The zero-order valence-electron chi connectivity index (χ0n) is 9.59. The van der Waals surface area contributed by atoms with Crippen LogP contribution in [0.15, 0.2) is 0 Å². The van der Waals surface area contributed by atoms with Gasteiger partial charge in [-0.15, -0.1) is 0 Å². The quantitative estimate of drug-likeness (QED) is 0.762. The Morgan fingerprint density at radius 1 is 1.24 bits per heavy atom. The van der Waals surface area contributed by atoms with Crippen LogP contribution in [0.2, 0.25) is 0 Å². The van der Waals surface area contributed by atoms with Crippen molar-refractivity contribution >= 4 is 6.03 Å². The van der Waals surface area contributed by atoms with Crippen molar-refractivity contribution in [3.63, 3.8) is 0 Å². The number of halogens is 3. The summed E-state index contributed by atoms with van der Waals surface area (Å²) in [6.45, 7) is -0.617. The van der Waals surface area contributed by atoms with Crippen LogP contribution in [0, 0.1) is 5.92 Å². The Balaban J connectivity index is 1.81. The molecule has 1 saturated heterocycles. The van der Waals surface area contributed by atoms with Crippen molar-refractivity contribution in [3.05, 3.63) is 0 Å². The summed E-state index contributed by atoms with van der Waals surface area (Å²) in [5.74, 6) is 0.508. The van der Waals surface area contributed by atoms with Crippen molar-refractivity contribution in [2.75, 3.05) is 13.1 Å². The van der Waals surface area contributed by atoms with Gasteiger partial charge in [0.05, 0.1) is 0 Å². The number of hydrogen-bond donors (Lipinski definition) is 1. The Hall–Kier alpha value is -0.940. The molecule has 0 bridgehead atoms. The van der Waals surface area contributed by atoms with Gasteiger partial charge in [-0.2, -0.15) is 13.2 Å². The van der Waals surface area contributed by atoms with Gasteiger partial charge >= 0.3 is 12.2 Å². The first-order valence-electron chi connectivity index (χ1n) is 6.08. The number of likely N-dealkylation sites (tertiary alicyclic amines) is 1. The minimum atomic E-state index is -4.33. The summed E-state index contributed by atoms with van der Waals surface area (Å²) >= 11 is 0. The van der Waals surface area contributed by atoms with E-state index < -0.39 is 18.8 Å². The van der Waals surface area contributed by atoms with Crippen LogP contribution in [-0.4, -0.2) is 36.2 Å². The molecule has 1 aliphatic heterocycles. The van der Waals surface area contributed by atoms with Crippen molar-refractivity contribution in [3.8, 4) is 0 Å². The van der Waals surface area contributed by atoms with Gasteiger partial charge in [-0.05, 0) is 18.8 Å². The fraction of sp³-hybridized carbons (Fsp3) is 0.909. The molecule has 2 amide bonds. The number of carbonyl (C=O) groups excluding carboxylic acids is 1. The summed E-state index contributed by atoms with van der Waals surface area (Å²) < 4.78 is 35.9. The molecular weight excluding hydrogens is 233 g/mol. The monoisotopic (exact) mass is 250 g/mol. The molecule has 6 heteroatoms. The largest absolute Gasteiger partial charge is 0.405 e. The van der Waals surface area contributed by atoms with E-state index in [-0.39, 0.29) is 6.04 Å². The average molecular weight is 250 g/mol. The number of alkyl halides is 3. The molecule has 98 valence electrons. The molecule has 0 aromatic rings. The number of hydrogen-bond acceptors (Lipinski definition) is 1. The first-order chi connectivity index (χ1) is 7.97. The van der Waals surface area contributed by atoms with E-state index in [4.69, 9.17) is 0 Å². The maximum absolute atomic E-state index is 12.0. The van der Waals surface area contributed by atoms with Crippen molar-refractivity contribution in [2.24, 2.45) is 5.92 Å². The molecule has 2 fully saturated rings. The standard InChI is InChI=1S/C11H17F3N2O/c12-11(13,14)7-15-10(17)16-6-8-4-2-1-3-5-9(8)16/h8-9H,1-7H2,(H,15,17). The lowest BCUT2D eigenvalue weighted by atomic mass is 9.85. The number of nitrogens with one attached hydrogen (secondary N) is 1. The van der Waals surface area contributed by atoms with E-state index in [1.165, 1.54) is 12.8 Å². The maximum atomic E-state index is 12.0. The first kappa shape index (κ1) is 12.5. The average Bonchev–Trinajstić information content (AvgIpc) is 2.37. The Morgan fingerprint density at radius 3 is 2.65 bits per heavy atom. The van der Waals surface area contributed by atoms with Crippen molar-refractivity contribution < 1.29 is 18.0 Å². The van der Waals surface area contributed by atoms with Gasteiger partial charge in [0.1, 0.15) is 6.54 Å². The first-order valence-corrected chi connectivity index (χ1v) is 6.08. The SMILES string of the molecule is O=C(NCC(F)(F)F)N1CC2CCCCCC21. The van der Waals surface area contributed by atoms with Crippen LogP contribution in [0.4, 0.5) is 18.0 Å². The molecule has 1 saturated carbocycles. The highest BCUT2D eigenvalue weighted by atomic mass is 19.4. The van der Waals surface area contributed by atoms with Gasteiger partial charge in [-0.3, -0.25) is 0 Å². The lowest BCUT2D eigenvalue weighted by Gasteiger charge is -2.47. The molecule has 1 heterocycles. The Bertz CT molecular complexity index is 293. The second kappa shape index (κ2) is 4.74. The van der Waals surface area contributed by atoms with E-state index >= 15 is 0 Å². The van der Waals surface area contributed by atoms with Crippen LogP contribution in [0.5, 0.6) is 0 Å². The van der Waals surface area contributed by atoms with E-state index in [0.717, 1.165) is 19.3 Å². The Kier molecular flexibility index (Phi) is 3.49. The number of amides is 2. The molecule has 2 aliphatic rings. The fourth-order valence-electron chi connectivity index (χ4n) is 2.75.